The van der Waals surface area contributed by atoms with Gasteiger partial charge in [0.2, 0.25) is 0 Å². The lowest BCUT2D eigenvalue weighted by atomic mass is 10.0. The van der Waals surface area contributed by atoms with Crippen LogP contribution in [-0.4, -0.2) is 26.0 Å². The highest BCUT2D eigenvalue weighted by molar-refractivity contribution is 6.00. The zero-order valence-corrected chi connectivity index (χ0v) is 25.2. The van der Waals surface area contributed by atoms with Crippen molar-refractivity contribution in [2.24, 2.45) is 0 Å². The Labute approximate surface area is 271 Å². The van der Waals surface area contributed by atoms with Crippen molar-refractivity contribution in [1.29, 1.82) is 0 Å². The fraction of sp³-hybridized carbons (Fsp3) is 0. The first-order chi connectivity index (χ1) is 23.1. The van der Waals surface area contributed by atoms with Crippen molar-refractivity contribution < 1.29 is 9.90 Å². The molecule has 4 heterocycles. The second kappa shape index (κ2) is 11.7. The average Bonchev–Trinajstić information content (AvgIpc) is 3.89. The molecule has 5 heteroatoms. The summed E-state index contributed by atoms with van der Waals surface area (Å²) in [6, 6.07) is 44.1. The Morgan fingerprint density at radius 1 is 0.511 bits per heavy atom. The van der Waals surface area contributed by atoms with Crippen molar-refractivity contribution in [3.8, 4) is 45.2 Å². The zero-order valence-electron chi connectivity index (χ0n) is 25.2. The molecule has 1 aliphatic rings. The normalized spacial score (nSPS) is 11.3. The maximum Gasteiger partial charge on any atom is 0.336 e. The van der Waals surface area contributed by atoms with Gasteiger partial charge in [0.1, 0.15) is 0 Å². The number of carboxylic acid groups (broad SMARTS) is 1. The maximum absolute atomic E-state index is 11.6. The van der Waals surface area contributed by atoms with Gasteiger partial charge in [-0.3, -0.25) is 0 Å². The first-order valence-corrected chi connectivity index (χ1v) is 15.3. The molecule has 8 rings (SSSR count). The fourth-order valence-corrected chi connectivity index (χ4v) is 6.20. The van der Waals surface area contributed by atoms with E-state index in [1.807, 2.05) is 36.4 Å². The monoisotopic (exact) mass is 605 g/mol. The molecule has 7 aromatic rings. The van der Waals surface area contributed by atoms with Crippen molar-refractivity contribution in [2.45, 2.75) is 0 Å². The van der Waals surface area contributed by atoms with E-state index in [1.54, 1.807) is 24.3 Å². The molecule has 0 spiro atoms. The molecule has 0 amide bonds. The van der Waals surface area contributed by atoms with Gasteiger partial charge < -0.3 is 15.1 Å². The summed E-state index contributed by atoms with van der Waals surface area (Å²) in [6.07, 6.45) is 4.16. The van der Waals surface area contributed by atoms with Gasteiger partial charge in [0.25, 0.3) is 0 Å². The lowest BCUT2D eigenvalue weighted by Gasteiger charge is -2.07. The van der Waals surface area contributed by atoms with E-state index in [9.17, 15) is 9.90 Å². The van der Waals surface area contributed by atoms with E-state index in [1.165, 1.54) is 0 Å². The molecular weight excluding hydrogens is 578 g/mol. The number of hydrogen-bond donors (Lipinski definition) is 3. The van der Waals surface area contributed by atoms with Crippen LogP contribution in [-0.2, 0) is 0 Å². The summed E-state index contributed by atoms with van der Waals surface area (Å²) < 4.78 is 0. The number of hydrogen-bond acceptors (Lipinski definition) is 2. The predicted molar refractivity (Wildman–Crippen MR) is 190 cm³/mol. The Bertz CT molecular complexity index is 2480. The number of rotatable bonds is 4. The second-order valence-corrected chi connectivity index (χ2v) is 11.3. The van der Waals surface area contributed by atoms with Crippen LogP contribution in [0.5, 0.6) is 0 Å². The van der Waals surface area contributed by atoms with Gasteiger partial charge in [-0.25, -0.2) is 9.78 Å². The number of nitrogens with zero attached hydrogens (tertiary/aromatic N) is 1. The standard InChI is InChI=1S/C42H27N3O2/c46-42(47)32-14-8-7-9-28(32)18-15-27-16-19-31(20-17-27)41-37-25-23-35(44-37)39(29-10-3-1-4-11-29)33-21-22-34(43-33)40(30-12-5-2-6-13-30)36-24-26-38(41)45-36/h1-14,16-17,19-26,43-44H,(H,46,47). The fourth-order valence-electron chi connectivity index (χ4n) is 6.20. The highest BCUT2D eigenvalue weighted by Crippen LogP contribution is 2.37. The molecule has 0 fully saturated rings. The van der Waals surface area contributed by atoms with Gasteiger partial charge in [0, 0.05) is 49.9 Å². The van der Waals surface area contributed by atoms with Gasteiger partial charge in [-0.05, 0) is 77.4 Å². The molecule has 1 aliphatic heterocycles. The molecule has 222 valence electrons. The molecule has 6 bridgehead atoms. The predicted octanol–water partition coefficient (Wildman–Crippen LogP) is 9.75. The van der Waals surface area contributed by atoms with E-state index in [2.05, 4.69) is 107 Å². The number of aromatic amines is 2. The third-order valence-electron chi connectivity index (χ3n) is 8.40. The topological polar surface area (TPSA) is 81.8 Å². The molecule has 0 radical (unpaired) electrons. The summed E-state index contributed by atoms with van der Waals surface area (Å²) >= 11 is 0. The Hall–Kier alpha value is -6.64. The van der Waals surface area contributed by atoms with Crippen molar-refractivity contribution >= 4 is 40.2 Å². The van der Waals surface area contributed by atoms with Crippen LogP contribution in [0.3, 0.4) is 0 Å². The third-order valence-corrected chi connectivity index (χ3v) is 8.40. The minimum absolute atomic E-state index is 0.189. The van der Waals surface area contributed by atoms with Crippen LogP contribution >= 0.6 is 0 Å². The second-order valence-electron chi connectivity index (χ2n) is 11.3. The van der Waals surface area contributed by atoms with Crippen LogP contribution in [0, 0.1) is 11.8 Å². The molecule has 3 aromatic heterocycles. The Kier molecular flexibility index (Phi) is 6.94. The number of aromatic nitrogens is 3. The number of nitrogens with one attached hydrogen (secondary N) is 2. The van der Waals surface area contributed by atoms with Gasteiger partial charge >= 0.3 is 5.97 Å². The molecule has 4 aromatic carbocycles. The summed E-state index contributed by atoms with van der Waals surface area (Å²) in [5.74, 6) is 5.18. The van der Waals surface area contributed by atoms with E-state index in [-0.39, 0.29) is 5.56 Å². The molecule has 5 nitrogen and oxygen atoms in total. The Morgan fingerprint density at radius 2 is 0.979 bits per heavy atom. The molecule has 47 heavy (non-hydrogen) atoms. The van der Waals surface area contributed by atoms with Crippen LogP contribution < -0.4 is 0 Å². The number of benzene rings is 4. The van der Waals surface area contributed by atoms with Crippen molar-refractivity contribution in [2.75, 3.05) is 0 Å². The van der Waals surface area contributed by atoms with E-state index < -0.39 is 5.97 Å². The summed E-state index contributed by atoms with van der Waals surface area (Å²) in [5, 5.41) is 9.54. The first-order valence-electron chi connectivity index (χ1n) is 15.3. The Balaban J connectivity index is 1.36. The number of aromatic carboxylic acids is 1. The largest absolute Gasteiger partial charge is 0.478 e. The minimum atomic E-state index is -0.993. The number of H-pyrrole nitrogens is 2. The van der Waals surface area contributed by atoms with Crippen molar-refractivity contribution in [1.82, 2.24) is 15.0 Å². The summed E-state index contributed by atoms with van der Waals surface area (Å²) in [6.45, 7) is 0. The molecular formula is C42H27N3O2. The average molecular weight is 606 g/mol. The number of fused-ring (bicyclic) bond motifs is 6. The van der Waals surface area contributed by atoms with Crippen molar-refractivity contribution in [3.63, 3.8) is 0 Å². The van der Waals surface area contributed by atoms with Crippen molar-refractivity contribution in [3.05, 3.63) is 162 Å². The van der Waals surface area contributed by atoms with E-state index in [4.69, 9.17) is 4.98 Å². The van der Waals surface area contributed by atoms with Gasteiger partial charge in [-0.15, -0.1) is 0 Å². The lowest BCUT2D eigenvalue weighted by molar-refractivity contribution is 0.0696. The van der Waals surface area contributed by atoms with Gasteiger partial charge in [0.05, 0.1) is 17.0 Å². The molecule has 0 atom stereocenters. The quantitative estimate of drug-likeness (QED) is 0.175. The van der Waals surface area contributed by atoms with E-state index in [0.29, 0.717) is 5.56 Å². The molecule has 0 saturated carbocycles. The van der Waals surface area contributed by atoms with E-state index >= 15 is 0 Å². The van der Waals surface area contributed by atoms with Gasteiger partial charge in [0.15, 0.2) is 0 Å². The van der Waals surface area contributed by atoms with E-state index in [0.717, 1.165) is 72.4 Å². The molecule has 0 aliphatic carbocycles. The number of carbonyl (C=O) groups is 1. The van der Waals surface area contributed by atoms with Crippen LogP contribution in [0.1, 0.15) is 32.9 Å². The maximum atomic E-state index is 11.6. The zero-order chi connectivity index (χ0) is 31.7. The number of carboxylic acids is 1. The molecule has 0 saturated heterocycles. The summed E-state index contributed by atoms with van der Waals surface area (Å²) in [4.78, 5) is 24.3. The SMILES string of the molecule is O=C(O)c1ccccc1C#Cc1ccc(-c2c3nc(c(-c4ccccc4)c4ccc([nH]4)c(-c4ccccc4)c4ccc2[nH]4)C=C3)cc1. The molecule has 0 unspecified atom stereocenters. The van der Waals surface area contributed by atoms with Crippen LogP contribution in [0.25, 0.3) is 67.6 Å². The molecule has 3 N–H and O–H groups in total. The van der Waals surface area contributed by atoms with Gasteiger partial charge in [-0.2, -0.15) is 0 Å². The first kappa shape index (κ1) is 27.9. The van der Waals surface area contributed by atoms with Gasteiger partial charge in [-0.1, -0.05) is 96.8 Å². The third kappa shape index (κ3) is 5.24. The Morgan fingerprint density at radius 3 is 1.53 bits per heavy atom. The van der Waals surface area contributed by atoms with Crippen LogP contribution in [0.15, 0.2) is 133 Å². The summed E-state index contributed by atoms with van der Waals surface area (Å²) in [7, 11) is 0. The highest BCUT2D eigenvalue weighted by Gasteiger charge is 2.17. The highest BCUT2D eigenvalue weighted by atomic mass is 16.4. The van der Waals surface area contributed by atoms with Crippen LogP contribution in [0.2, 0.25) is 0 Å². The minimum Gasteiger partial charge on any atom is -0.478 e. The smallest absolute Gasteiger partial charge is 0.336 e. The summed E-state index contributed by atoms with van der Waals surface area (Å²) in [5.41, 5.74) is 13.4. The lowest BCUT2D eigenvalue weighted by Crippen LogP contribution is -1.99. The van der Waals surface area contributed by atoms with Crippen LogP contribution in [0.4, 0.5) is 0 Å².